The van der Waals surface area contributed by atoms with Crippen LogP contribution in [0.25, 0.3) is 11.8 Å². The van der Waals surface area contributed by atoms with Crippen molar-refractivity contribution >= 4 is 17.8 Å². The van der Waals surface area contributed by atoms with Crippen molar-refractivity contribution in [2.24, 2.45) is 0 Å². The predicted molar refractivity (Wildman–Crippen MR) is 88.0 cm³/mol. The first-order valence-corrected chi connectivity index (χ1v) is 7.14. The average molecular weight is 308 g/mol. The van der Waals surface area contributed by atoms with Gasteiger partial charge >= 0.3 is 5.97 Å². The van der Waals surface area contributed by atoms with Gasteiger partial charge in [-0.15, -0.1) is 0 Å². The van der Waals surface area contributed by atoms with E-state index in [0.29, 0.717) is 17.1 Å². The lowest BCUT2D eigenvalue weighted by Crippen LogP contribution is -1.97. The fourth-order valence-electron chi connectivity index (χ4n) is 2.34. The van der Waals surface area contributed by atoms with Crippen molar-refractivity contribution in [2.75, 3.05) is 14.2 Å². The Morgan fingerprint density at radius 1 is 0.957 bits per heavy atom. The van der Waals surface area contributed by atoms with E-state index in [1.165, 1.54) is 0 Å². The molecule has 0 atom stereocenters. The predicted octanol–water partition coefficient (Wildman–Crippen LogP) is 3.69. The molecule has 0 unspecified atom stereocenters. The second-order valence-electron chi connectivity index (χ2n) is 4.97. The molecule has 0 spiro atoms. The first-order valence-electron chi connectivity index (χ1n) is 7.14. The van der Waals surface area contributed by atoms with E-state index in [1.54, 1.807) is 26.4 Å². The van der Waals surface area contributed by atoms with Gasteiger partial charge in [-0.05, 0) is 42.5 Å². The minimum absolute atomic E-state index is 0.373. The van der Waals surface area contributed by atoms with Crippen LogP contribution in [0.2, 0.25) is 0 Å². The summed E-state index contributed by atoms with van der Waals surface area (Å²) in [6, 6.07) is 14.9. The van der Waals surface area contributed by atoms with Crippen LogP contribution in [0.15, 0.2) is 60.2 Å². The monoisotopic (exact) mass is 308 g/mol. The number of hydrogen-bond acceptors (Lipinski definition) is 4. The largest absolute Gasteiger partial charge is 0.497 e. The molecule has 0 N–H and O–H groups in total. The molecule has 0 aliphatic carbocycles. The molecular weight excluding hydrogens is 292 g/mol. The topological polar surface area (TPSA) is 44.8 Å². The molecule has 116 valence electrons. The Morgan fingerprint density at radius 2 is 1.70 bits per heavy atom. The Bertz CT molecular complexity index is 785. The fourth-order valence-corrected chi connectivity index (χ4v) is 2.34. The molecule has 4 heteroatoms. The van der Waals surface area contributed by atoms with Gasteiger partial charge in [-0.2, -0.15) is 0 Å². The summed E-state index contributed by atoms with van der Waals surface area (Å²) in [6.45, 7) is 0. The van der Waals surface area contributed by atoms with E-state index in [-0.39, 0.29) is 5.97 Å². The number of benzene rings is 2. The third-order valence-electron chi connectivity index (χ3n) is 3.55. The van der Waals surface area contributed by atoms with Crippen LogP contribution in [0, 0.1) is 0 Å². The lowest BCUT2D eigenvalue weighted by Gasteiger charge is -2.04. The van der Waals surface area contributed by atoms with E-state index in [0.717, 1.165) is 16.9 Å². The van der Waals surface area contributed by atoms with Crippen LogP contribution in [0.1, 0.15) is 11.1 Å². The first kappa shape index (κ1) is 14.9. The lowest BCUT2D eigenvalue weighted by molar-refractivity contribution is -0.130. The summed E-state index contributed by atoms with van der Waals surface area (Å²) in [5.41, 5.74) is 2.14. The number of cyclic esters (lactones) is 1. The minimum atomic E-state index is -0.373. The standard InChI is InChI=1S/C19H16O4/c1-21-16-9-7-13(8-10-16)18-12-15(19(20)23-18)11-14-5-3-4-6-17(14)22-2/h3-12H,1-2H3. The van der Waals surface area contributed by atoms with Gasteiger partial charge in [-0.3, -0.25) is 0 Å². The van der Waals surface area contributed by atoms with Crippen LogP contribution < -0.4 is 9.47 Å². The highest BCUT2D eigenvalue weighted by atomic mass is 16.5. The van der Waals surface area contributed by atoms with Crippen LogP contribution in [0.3, 0.4) is 0 Å². The summed E-state index contributed by atoms with van der Waals surface area (Å²) in [5, 5.41) is 0. The van der Waals surface area contributed by atoms with E-state index in [9.17, 15) is 4.79 Å². The molecule has 2 aromatic carbocycles. The van der Waals surface area contributed by atoms with Gasteiger partial charge in [0.2, 0.25) is 0 Å². The Balaban J connectivity index is 1.93. The molecule has 1 heterocycles. The zero-order valence-corrected chi connectivity index (χ0v) is 12.9. The Kier molecular flexibility index (Phi) is 4.15. The van der Waals surface area contributed by atoms with Gasteiger partial charge in [0.15, 0.2) is 0 Å². The van der Waals surface area contributed by atoms with Gasteiger partial charge in [0.25, 0.3) is 0 Å². The lowest BCUT2D eigenvalue weighted by atomic mass is 10.1. The summed E-state index contributed by atoms with van der Waals surface area (Å²) in [4.78, 5) is 12.1. The number of rotatable bonds is 4. The number of carbonyl (C=O) groups is 1. The molecule has 2 aromatic rings. The molecular formula is C19H16O4. The highest BCUT2D eigenvalue weighted by Gasteiger charge is 2.22. The molecule has 23 heavy (non-hydrogen) atoms. The second-order valence-corrected chi connectivity index (χ2v) is 4.97. The van der Waals surface area contributed by atoms with E-state index >= 15 is 0 Å². The zero-order valence-electron chi connectivity index (χ0n) is 12.9. The third kappa shape index (κ3) is 3.11. The second kappa shape index (κ2) is 6.40. The van der Waals surface area contributed by atoms with Gasteiger partial charge in [0.05, 0.1) is 19.8 Å². The Labute approximate surface area is 134 Å². The van der Waals surface area contributed by atoms with Crippen LogP contribution in [-0.2, 0) is 9.53 Å². The molecule has 0 amide bonds. The number of para-hydroxylation sites is 1. The maximum Gasteiger partial charge on any atom is 0.343 e. The van der Waals surface area contributed by atoms with Crippen LogP contribution in [0.5, 0.6) is 11.5 Å². The van der Waals surface area contributed by atoms with Crippen molar-refractivity contribution in [3.63, 3.8) is 0 Å². The van der Waals surface area contributed by atoms with Crippen molar-refractivity contribution in [3.05, 3.63) is 71.3 Å². The molecule has 1 aliphatic rings. The van der Waals surface area contributed by atoms with Gasteiger partial charge in [0, 0.05) is 11.1 Å². The molecule has 4 nitrogen and oxygen atoms in total. The van der Waals surface area contributed by atoms with Crippen LogP contribution in [-0.4, -0.2) is 20.2 Å². The Morgan fingerprint density at radius 3 is 2.39 bits per heavy atom. The molecule has 0 fully saturated rings. The SMILES string of the molecule is COc1ccc(C2=CC(=Cc3ccccc3OC)C(=O)O2)cc1. The maximum atomic E-state index is 12.1. The third-order valence-corrected chi connectivity index (χ3v) is 3.55. The number of carbonyl (C=O) groups excluding carboxylic acids is 1. The van der Waals surface area contributed by atoms with E-state index in [1.807, 2.05) is 48.5 Å². The smallest absolute Gasteiger partial charge is 0.343 e. The van der Waals surface area contributed by atoms with E-state index in [4.69, 9.17) is 14.2 Å². The highest BCUT2D eigenvalue weighted by Crippen LogP contribution is 2.30. The minimum Gasteiger partial charge on any atom is -0.497 e. The Hall–Kier alpha value is -3.01. The van der Waals surface area contributed by atoms with Crippen molar-refractivity contribution in [1.82, 2.24) is 0 Å². The van der Waals surface area contributed by atoms with E-state index < -0.39 is 0 Å². The van der Waals surface area contributed by atoms with Gasteiger partial charge in [0.1, 0.15) is 17.3 Å². The molecule has 0 radical (unpaired) electrons. The van der Waals surface area contributed by atoms with Crippen molar-refractivity contribution in [3.8, 4) is 11.5 Å². The average Bonchev–Trinajstić information content (AvgIpc) is 2.96. The summed E-state index contributed by atoms with van der Waals surface area (Å²) in [7, 11) is 3.21. The van der Waals surface area contributed by atoms with Crippen LogP contribution >= 0.6 is 0 Å². The normalized spacial score (nSPS) is 15.3. The van der Waals surface area contributed by atoms with Gasteiger partial charge in [-0.1, -0.05) is 18.2 Å². The number of esters is 1. The fraction of sp³-hybridized carbons (Fsp3) is 0.105. The maximum absolute atomic E-state index is 12.1. The molecule has 3 rings (SSSR count). The number of ether oxygens (including phenoxy) is 3. The van der Waals surface area contributed by atoms with E-state index in [2.05, 4.69) is 0 Å². The zero-order chi connectivity index (χ0) is 16.2. The van der Waals surface area contributed by atoms with Crippen LogP contribution in [0.4, 0.5) is 0 Å². The molecule has 0 aromatic heterocycles. The van der Waals surface area contributed by atoms with Crippen molar-refractivity contribution in [1.29, 1.82) is 0 Å². The number of methoxy groups -OCH3 is 2. The number of hydrogen-bond donors (Lipinski definition) is 0. The summed E-state index contributed by atoms with van der Waals surface area (Å²) in [5.74, 6) is 1.61. The van der Waals surface area contributed by atoms with Gasteiger partial charge in [-0.25, -0.2) is 4.79 Å². The summed E-state index contributed by atoms with van der Waals surface area (Å²) >= 11 is 0. The van der Waals surface area contributed by atoms with Gasteiger partial charge < -0.3 is 14.2 Å². The molecule has 0 saturated heterocycles. The molecule has 0 saturated carbocycles. The quantitative estimate of drug-likeness (QED) is 0.638. The van der Waals surface area contributed by atoms with Crippen molar-refractivity contribution in [2.45, 2.75) is 0 Å². The summed E-state index contributed by atoms with van der Waals surface area (Å²) in [6.07, 6.45) is 3.49. The van der Waals surface area contributed by atoms with Crippen molar-refractivity contribution < 1.29 is 19.0 Å². The molecule has 1 aliphatic heterocycles. The first-order chi connectivity index (χ1) is 11.2. The summed E-state index contributed by atoms with van der Waals surface area (Å²) < 4.78 is 15.8. The highest BCUT2D eigenvalue weighted by molar-refractivity contribution is 6.05. The molecule has 0 bridgehead atoms.